The number of methoxy groups -OCH3 is 1. The third-order valence-corrected chi connectivity index (χ3v) is 1.85. The van der Waals surface area contributed by atoms with Crippen molar-refractivity contribution < 1.29 is 17.9 Å². The molecule has 0 fully saturated rings. The van der Waals surface area contributed by atoms with Crippen LogP contribution in [-0.2, 0) is 19.4 Å². The summed E-state index contributed by atoms with van der Waals surface area (Å²) in [5.41, 5.74) is 0. The van der Waals surface area contributed by atoms with Gasteiger partial charge in [-0.25, -0.2) is 8.42 Å². The van der Waals surface area contributed by atoms with Gasteiger partial charge in [0.15, 0.2) is 9.84 Å². The monoisotopic (exact) mass is 180 g/mol. The first kappa shape index (κ1) is 10.6. The second-order valence-corrected chi connectivity index (χ2v) is 4.49. The summed E-state index contributed by atoms with van der Waals surface area (Å²) < 4.78 is 25.7. The number of sulfone groups is 1. The van der Waals surface area contributed by atoms with Crippen LogP contribution >= 0.6 is 0 Å². The Labute approximate surface area is 66.5 Å². The van der Waals surface area contributed by atoms with Crippen molar-refractivity contribution in [2.75, 3.05) is 25.7 Å². The minimum absolute atomic E-state index is 0.170. The van der Waals surface area contributed by atoms with Crippen LogP contribution in [0.5, 0.6) is 0 Å². The minimum atomic E-state index is -3.16. The predicted molar refractivity (Wildman–Crippen MR) is 41.2 cm³/mol. The molecule has 4 nitrogen and oxygen atoms in total. The van der Waals surface area contributed by atoms with Gasteiger partial charge in [0.2, 0.25) is 0 Å². The Hall–Kier alpha value is -0.420. The third kappa shape index (κ3) is 7.48. The summed E-state index contributed by atoms with van der Waals surface area (Å²) in [6, 6.07) is 0. The van der Waals surface area contributed by atoms with Gasteiger partial charge in [-0.05, 0) is 0 Å². The van der Waals surface area contributed by atoms with Gasteiger partial charge in [-0.1, -0.05) is 0 Å². The number of hydrogen-bond donors (Lipinski definition) is 0. The Kier molecular flexibility index (Phi) is 4.29. The van der Waals surface area contributed by atoms with Crippen LogP contribution in [0.15, 0.2) is 0 Å². The number of rotatable bonds is 5. The summed E-state index contributed by atoms with van der Waals surface area (Å²) in [7, 11) is -1.69. The Balaban J connectivity index is 3.71. The smallest absolute Gasteiger partial charge is 0.154 e. The highest BCUT2D eigenvalue weighted by Gasteiger charge is 2.09. The standard InChI is InChI=1S/C6H12O4S/c1-10-4-3-6(7)5-11(2,8)9/h3-5H2,1-2H3. The summed E-state index contributed by atoms with van der Waals surface area (Å²) >= 11 is 0. The largest absolute Gasteiger partial charge is 0.384 e. The van der Waals surface area contributed by atoms with Gasteiger partial charge in [-0.2, -0.15) is 0 Å². The molecule has 0 saturated carbocycles. The Morgan fingerprint density at radius 3 is 2.36 bits per heavy atom. The molecule has 0 N–H and O–H groups in total. The first-order valence-corrected chi connectivity index (χ1v) is 5.20. The molecule has 0 aromatic rings. The van der Waals surface area contributed by atoms with E-state index < -0.39 is 9.84 Å². The van der Waals surface area contributed by atoms with Crippen molar-refractivity contribution in [2.45, 2.75) is 6.42 Å². The fourth-order valence-corrected chi connectivity index (χ4v) is 1.31. The van der Waals surface area contributed by atoms with Gasteiger partial charge < -0.3 is 4.74 Å². The highest BCUT2D eigenvalue weighted by Crippen LogP contribution is 1.89. The zero-order chi connectivity index (χ0) is 8.91. The van der Waals surface area contributed by atoms with Crippen molar-refractivity contribution in [3.8, 4) is 0 Å². The van der Waals surface area contributed by atoms with Gasteiger partial charge in [0.25, 0.3) is 0 Å². The number of Topliss-reactive ketones (excluding diaryl/α,β-unsaturated/α-hetero) is 1. The molecule has 0 unspecified atom stereocenters. The van der Waals surface area contributed by atoms with E-state index in [1.165, 1.54) is 7.11 Å². The average molecular weight is 180 g/mol. The van der Waals surface area contributed by atoms with Crippen LogP contribution in [0.2, 0.25) is 0 Å². The summed E-state index contributed by atoms with van der Waals surface area (Å²) in [6.07, 6.45) is 1.21. The second-order valence-electron chi connectivity index (χ2n) is 2.35. The van der Waals surface area contributed by atoms with Crippen molar-refractivity contribution in [3.05, 3.63) is 0 Å². The van der Waals surface area contributed by atoms with Crippen LogP contribution in [0.1, 0.15) is 6.42 Å². The maximum absolute atomic E-state index is 10.8. The number of carbonyl (C=O) groups is 1. The zero-order valence-electron chi connectivity index (χ0n) is 6.66. The van der Waals surface area contributed by atoms with Crippen LogP contribution in [0.4, 0.5) is 0 Å². The molecular weight excluding hydrogens is 168 g/mol. The number of ether oxygens (including phenoxy) is 1. The van der Waals surface area contributed by atoms with Gasteiger partial charge in [0.05, 0.1) is 6.61 Å². The number of hydrogen-bond acceptors (Lipinski definition) is 4. The molecule has 0 aromatic heterocycles. The summed E-state index contributed by atoms with van der Waals surface area (Å²) in [4.78, 5) is 10.8. The van der Waals surface area contributed by atoms with Crippen molar-refractivity contribution in [1.29, 1.82) is 0 Å². The van der Waals surface area contributed by atoms with E-state index in [-0.39, 0.29) is 24.6 Å². The lowest BCUT2D eigenvalue weighted by Gasteiger charge is -1.96. The lowest BCUT2D eigenvalue weighted by atomic mass is 10.3. The topological polar surface area (TPSA) is 60.4 Å². The van der Waals surface area contributed by atoms with Crippen LogP contribution < -0.4 is 0 Å². The molecule has 0 heterocycles. The first-order chi connectivity index (χ1) is 4.95. The van der Waals surface area contributed by atoms with E-state index in [0.717, 1.165) is 6.26 Å². The molecule has 0 rings (SSSR count). The lowest BCUT2D eigenvalue weighted by Crippen LogP contribution is -2.15. The molecule has 0 spiro atoms. The maximum atomic E-state index is 10.8. The van der Waals surface area contributed by atoms with E-state index in [0.29, 0.717) is 0 Å². The SMILES string of the molecule is COCCC(=O)CS(C)(=O)=O. The Bertz CT molecular complexity index is 217. The van der Waals surface area contributed by atoms with E-state index in [9.17, 15) is 13.2 Å². The fourth-order valence-electron chi connectivity index (χ4n) is 0.580. The molecule has 66 valence electrons. The molecule has 0 amide bonds. The first-order valence-electron chi connectivity index (χ1n) is 3.14. The van der Waals surface area contributed by atoms with Crippen LogP contribution in [-0.4, -0.2) is 39.9 Å². The quantitative estimate of drug-likeness (QED) is 0.579. The van der Waals surface area contributed by atoms with Gasteiger partial charge in [0, 0.05) is 19.8 Å². The predicted octanol–water partition coefficient (Wildman–Crippen LogP) is -0.363. The Morgan fingerprint density at radius 1 is 1.45 bits per heavy atom. The molecule has 0 atom stereocenters. The van der Waals surface area contributed by atoms with Crippen molar-refractivity contribution in [1.82, 2.24) is 0 Å². The van der Waals surface area contributed by atoms with Crippen molar-refractivity contribution in [3.63, 3.8) is 0 Å². The van der Waals surface area contributed by atoms with E-state index in [4.69, 9.17) is 0 Å². The van der Waals surface area contributed by atoms with E-state index >= 15 is 0 Å². The summed E-state index contributed by atoms with van der Waals surface area (Å²) in [6.45, 7) is 0.286. The highest BCUT2D eigenvalue weighted by molar-refractivity contribution is 7.91. The minimum Gasteiger partial charge on any atom is -0.384 e. The number of carbonyl (C=O) groups excluding carboxylic acids is 1. The molecule has 0 aliphatic carbocycles. The maximum Gasteiger partial charge on any atom is 0.154 e. The fraction of sp³-hybridized carbons (Fsp3) is 0.833. The molecule has 0 aliphatic heterocycles. The molecule has 0 aromatic carbocycles. The lowest BCUT2D eigenvalue weighted by molar-refractivity contribution is -0.117. The zero-order valence-corrected chi connectivity index (χ0v) is 7.48. The van der Waals surface area contributed by atoms with Crippen molar-refractivity contribution in [2.24, 2.45) is 0 Å². The highest BCUT2D eigenvalue weighted by atomic mass is 32.2. The van der Waals surface area contributed by atoms with Crippen LogP contribution in [0.3, 0.4) is 0 Å². The van der Waals surface area contributed by atoms with Crippen LogP contribution in [0.25, 0.3) is 0 Å². The number of ketones is 1. The molecule has 0 radical (unpaired) electrons. The van der Waals surface area contributed by atoms with E-state index in [1.807, 2.05) is 0 Å². The molecular formula is C6H12O4S. The summed E-state index contributed by atoms with van der Waals surface area (Å²) in [5.74, 6) is -0.676. The van der Waals surface area contributed by atoms with E-state index in [1.54, 1.807) is 0 Å². The molecule has 0 aliphatic rings. The molecule has 0 bridgehead atoms. The molecule has 5 heteroatoms. The second kappa shape index (κ2) is 4.46. The molecule has 11 heavy (non-hydrogen) atoms. The van der Waals surface area contributed by atoms with Gasteiger partial charge in [0.1, 0.15) is 11.5 Å². The van der Waals surface area contributed by atoms with Crippen molar-refractivity contribution >= 4 is 15.6 Å². The van der Waals surface area contributed by atoms with Gasteiger partial charge in [-0.15, -0.1) is 0 Å². The van der Waals surface area contributed by atoms with Crippen LogP contribution in [0, 0.1) is 0 Å². The van der Waals surface area contributed by atoms with Gasteiger partial charge >= 0.3 is 0 Å². The molecule has 0 saturated heterocycles. The van der Waals surface area contributed by atoms with E-state index in [2.05, 4.69) is 4.74 Å². The average Bonchev–Trinajstić information content (AvgIpc) is 1.79. The summed E-state index contributed by atoms with van der Waals surface area (Å²) in [5, 5.41) is 0. The van der Waals surface area contributed by atoms with Gasteiger partial charge in [-0.3, -0.25) is 4.79 Å². The normalized spacial score (nSPS) is 11.5. The Morgan fingerprint density at radius 2 is 2.00 bits per heavy atom. The third-order valence-electron chi connectivity index (χ3n) is 1.01.